The fraction of sp³-hybridized carbons (Fsp3) is 0.316. The normalized spacial score (nSPS) is 12.7. The van der Waals surface area contributed by atoms with Gasteiger partial charge < -0.3 is 15.2 Å². The Hall–Kier alpha value is -2.17. The Morgan fingerprint density at radius 3 is 1.96 bits per heavy atom. The first-order valence-electron chi connectivity index (χ1n) is 7.76. The predicted molar refractivity (Wildman–Crippen MR) is 90.0 cm³/mol. The first kappa shape index (κ1) is 17.2. The molecular formula is C19H23NO3. The van der Waals surface area contributed by atoms with E-state index in [1.807, 2.05) is 43.3 Å². The zero-order chi connectivity index (χ0) is 16.7. The average molecular weight is 313 g/mol. The van der Waals surface area contributed by atoms with Crippen molar-refractivity contribution in [1.82, 2.24) is 5.32 Å². The molecule has 0 spiro atoms. The van der Waals surface area contributed by atoms with Gasteiger partial charge in [-0.3, -0.25) is 4.79 Å². The number of carbonyl (C=O) groups is 1. The molecule has 0 bridgehead atoms. The molecule has 2 N–H and O–H groups in total. The Morgan fingerprint density at radius 1 is 1.09 bits per heavy atom. The summed E-state index contributed by atoms with van der Waals surface area (Å²) < 4.78 is 5.12. The summed E-state index contributed by atoms with van der Waals surface area (Å²) in [5.74, 6) is -0.446. The molecule has 23 heavy (non-hydrogen) atoms. The molecule has 4 heteroatoms. The number of carbonyl (C=O) groups excluding carboxylic acids is 1. The van der Waals surface area contributed by atoms with Crippen LogP contribution in [-0.4, -0.2) is 30.8 Å². The highest BCUT2D eigenvalue weighted by Crippen LogP contribution is 2.30. The van der Waals surface area contributed by atoms with Gasteiger partial charge in [-0.05, 0) is 17.5 Å². The van der Waals surface area contributed by atoms with Crippen molar-refractivity contribution in [2.75, 3.05) is 13.7 Å². The van der Waals surface area contributed by atoms with Crippen molar-refractivity contribution in [3.8, 4) is 0 Å². The summed E-state index contributed by atoms with van der Waals surface area (Å²) in [4.78, 5) is 12.9. The fourth-order valence-electron chi connectivity index (χ4n) is 2.54. The minimum Gasteiger partial charge on any atom is -0.383 e. The van der Waals surface area contributed by atoms with Crippen LogP contribution in [0.25, 0.3) is 0 Å². The Labute approximate surface area is 137 Å². The van der Waals surface area contributed by atoms with E-state index in [9.17, 15) is 9.90 Å². The second-order valence-corrected chi connectivity index (χ2v) is 5.48. The van der Waals surface area contributed by atoms with Gasteiger partial charge in [0.25, 0.3) is 5.91 Å². The molecular weight excluding hydrogens is 290 g/mol. The maximum atomic E-state index is 12.9. The number of hydrogen-bond donors (Lipinski definition) is 2. The molecule has 4 nitrogen and oxygen atoms in total. The van der Waals surface area contributed by atoms with Gasteiger partial charge in [-0.2, -0.15) is 0 Å². The van der Waals surface area contributed by atoms with E-state index in [1.165, 1.54) is 0 Å². The minimum atomic E-state index is -1.73. The van der Waals surface area contributed by atoms with Crippen LogP contribution in [0, 0.1) is 0 Å². The van der Waals surface area contributed by atoms with Crippen molar-refractivity contribution < 1.29 is 14.6 Å². The maximum Gasteiger partial charge on any atom is 0.261 e. The standard InChI is InChI=1S/C19H23NO3/c1-3-17(14-23-2)20-18(21)19(22,15-10-6-4-7-11-15)16-12-8-5-9-13-16/h4-13,17,22H,3,14H2,1-2H3,(H,20,21). The van der Waals surface area contributed by atoms with Gasteiger partial charge in [0.15, 0.2) is 5.60 Å². The van der Waals surface area contributed by atoms with Crippen LogP contribution in [0.2, 0.25) is 0 Å². The van der Waals surface area contributed by atoms with Crippen LogP contribution in [-0.2, 0) is 15.1 Å². The Kier molecular flexibility index (Phi) is 5.90. The molecule has 2 aromatic carbocycles. The first-order chi connectivity index (χ1) is 11.1. The number of benzene rings is 2. The Balaban J connectivity index is 2.40. The third-order valence-corrected chi connectivity index (χ3v) is 3.91. The summed E-state index contributed by atoms with van der Waals surface area (Å²) in [5.41, 5.74) is -0.657. The van der Waals surface area contributed by atoms with Gasteiger partial charge in [0.2, 0.25) is 0 Å². The smallest absolute Gasteiger partial charge is 0.261 e. The van der Waals surface area contributed by atoms with Gasteiger partial charge in [-0.15, -0.1) is 0 Å². The van der Waals surface area contributed by atoms with E-state index >= 15 is 0 Å². The number of ether oxygens (including phenoxy) is 1. The molecule has 0 aromatic heterocycles. The Morgan fingerprint density at radius 2 is 1.57 bits per heavy atom. The number of hydrogen-bond acceptors (Lipinski definition) is 3. The number of methoxy groups -OCH3 is 1. The van der Waals surface area contributed by atoms with Crippen LogP contribution >= 0.6 is 0 Å². The van der Waals surface area contributed by atoms with Gasteiger partial charge in [0.1, 0.15) is 0 Å². The highest BCUT2D eigenvalue weighted by Gasteiger charge is 2.40. The van der Waals surface area contributed by atoms with Crippen molar-refractivity contribution >= 4 is 5.91 Å². The van der Waals surface area contributed by atoms with E-state index in [0.29, 0.717) is 17.7 Å². The quantitative estimate of drug-likeness (QED) is 0.825. The number of amides is 1. The van der Waals surface area contributed by atoms with Crippen LogP contribution < -0.4 is 5.32 Å². The highest BCUT2D eigenvalue weighted by atomic mass is 16.5. The summed E-state index contributed by atoms with van der Waals surface area (Å²) in [5, 5.41) is 14.2. The van der Waals surface area contributed by atoms with Gasteiger partial charge in [0, 0.05) is 7.11 Å². The molecule has 0 radical (unpaired) electrons. The molecule has 0 fully saturated rings. The monoisotopic (exact) mass is 313 g/mol. The largest absolute Gasteiger partial charge is 0.383 e. The van der Waals surface area contributed by atoms with Crippen molar-refractivity contribution in [2.45, 2.75) is 25.0 Å². The molecule has 0 saturated heterocycles. The molecule has 0 aliphatic heterocycles. The van der Waals surface area contributed by atoms with Crippen LogP contribution in [0.4, 0.5) is 0 Å². The van der Waals surface area contributed by atoms with Crippen LogP contribution in [0.3, 0.4) is 0 Å². The van der Waals surface area contributed by atoms with E-state index in [0.717, 1.165) is 6.42 Å². The van der Waals surface area contributed by atoms with E-state index < -0.39 is 11.5 Å². The zero-order valence-corrected chi connectivity index (χ0v) is 13.5. The predicted octanol–water partition coefficient (Wildman–Crippen LogP) is 2.46. The summed E-state index contributed by atoms with van der Waals surface area (Å²) >= 11 is 0. The maximum absolute atomic E-state index is 12.9. The number of rotatable bonds is 7. The van der Waals surface area contributed by atoms with Crippen molar-refractivity contribution in [2.24, 2.45) is 0 Å². The second kappa shape index (κ2) is 7.90. The number of aliphatic hydroxyl groups is 1. The molecule has 1 atom stereocenters. The highest BCUT2D eigenvalue weighted by molar-refractivity contribution is 5.90. The van der Waals surface area contributed by atoms with Crippen molar-refractivity contribution in [1.29, 1.82) is 0 Å². The van der Waals surface area contributed by atoms with Crippen molar-refractivity contribution in [3.05, 3.63) is 71.8 Å². The van der Waals surface area contributed by atoms with E-state index in [4.69, 9.17) is 4.74 Å². The van der Waals surface area contributed by atoms with Crippen LogP contribution in [0.15, 0.2) is 60.7 Å². The molecule has 2 aromatic rings. The summed E-state index contributed by atoms with van der Waals surface area (Å²) in [6.45, 7) is 2.37. The lowest BCUT2D eigenvalue weighted by Crippen LogP contribution is -2.50. The van der Waals surface area contributed by atoms with Crippen LogP contribution in [0.1, 0.15) is 24.5 Å². The van der Waals surface area contributed by atoms with Gasteiger partial charge >= 0.3 is 0 Å². The molecule has 122 valence electrons. The van der Waals surface area contributed by atoms with E-state index in [-0.39, 0.29) is 6.04 Å². The SMILES string of the molecule is CCC(COC)NC(=O)C(O)(c1ccccc1)c1ccccc1. The average Bonchev–Trinajstić information content (AvgIpc) is 2.62. The second-order valence-electron chi connectivity index (χ2n) is 5.48. The van der Waals surface area contributed by atoms with Gasteiger partial charge in [-0.25, -0.2) is 0 Å². The van der Waals surface area contributed by atoms with Gasteiger partial charge in [-0.1, -0.05) is 67.6 Å². The lowest BCUT2D eigenvalue weighted by Gasteiger charge is -2.30. The molecule has 2 rings (SSSR count). The van der Waals surface area contributed by atoms with E-state index in [1.54, 1.807) is 31.4 Å². The lowest BCUT2D eigenvalue weighted by atomic mass is 9.85. The molecule has 0 saturated carbocycles. The summed E-state index contributed by atoms with van der Waals surface area (Å²) in [7, 11) is 1.59. The topological polar surface area (TPSA) is 58.6 Å². The summed E-state index contributed by atoms with van der Waals surface area (Å²) in [6.07, 6.45) is 0.721. The lowest BCUT2D eigenvalue weighted by molar-refractivity contribution is -0.137. The summed E-state index contributed by atoms with van der Waals surface area (Å²) in [6, 6.07) is 17.8. The minimum absolute atomic E-state index is 0.147. The molecule has 0 aliphatic carbocycles. The molecule has 0 aliphatic rings. The Bertz CT molecular complexity index is 574. The first-order valence-corrected chi connectivity index (χ1v) is 7.76. The molecule has 1 amide bonds. The zero-order valence-electron chi connectivity index (χ0n) is 13.5. The van der Waals surface area contributed by atoms with Crippen molar-refractivity contribution in [3.63, 3.8) is 0 Å². The third kappa shape index (κ3) is 3.78. The fourth-order valence-corrected chi connectivity index (χ4v) is 2.54. The van der Waals surface area contributed by atoms with Gasteiger partial charge in [0.05, 0.1) is 12.6 Å². The molecule has 0 heterocycles. The third-order valence-electron chi connectivity index (χ3n) is 3.91. The number of nitrogens with one attached hydrogen (secondary N) is 1. The van der Waals surface area contributed by atoms with E-state index in [2.05, 4.69) is 5.32 Å². The molecule has 1 unspecified atom stereocenters. The van der Waals surface area contributed by atoms with Crippen LogP contribution in [0.5, 0.6) is 0 Å².